The van der Waals surface area contributed by atoms with Crippen LogP contribution in [0.25, 0.3) is 17.0 Å². The SMILES string of the molecule is C/C=C/c1cc(Cl)cc2c(=O)cc(C)oc12. The zero-order valence-electron chi connectivity index (χ0n) is 9.08. The number of hydrogen-bond donors (Lipinski definition) is 0. The normalized spacial score (nSPS) is 11.4. The van der Waals surface area contributed by atoms with Gasteiger partial charge in [0.1, 0.15) is 11.3 Å². The maximum Gasteiger partial charge on any atom is 0.193 e. The van der Waals surface area contributed by atoms with Crippen LogP contribution in [-0.2, 0) is 0 Å². The molecule has 1 heterocycles. The van der Waals surface area contributed by atoms with E-state index in [-0.39, 0.29) is 5.43 Å². The number of benzene rings is 1. The maximum absolute atomic E-state index is 11.8. The minimum absolute atomic E-state index is 0.0630. The first-order chi connectivity index (χ1) is 7.61. The van der Waals surface area contributed by atoms with Gasteiger partial charge < -0.3 is 4.42 Å². The standard InChI is InChI=1S/C13H11ClO2/c1-3-4-9-6-10(14)7-11-12(15)5-8(2)16-13(9)11/h3-7H,1-2H3/b4-3+. The van der Waals surface area contributed by atoms with E-state index in [2.05, 4.69) is 0 Å². The zero-order chi connectivity index (χ0) is 11.7. The highest BCUT2D eigenvalue weighted by Crippen LogP contribution is 2.23. The zero-order valence-corrected chi connectivity index (χ0v) is 9.84. The van der Waals surface area contributed by atoms with E-state index < -0.39 is 0 Å². The molecule has 0 saturated heterocycles. The van der Waals surface area contributed by atoms with Crippen molar-refractivity contribution >= 4 is 28.6 Å². The molecule has 0 fully saturated rings. The topological polar surface area (TPSA) is 30.2 Å². The smallest absolute Gasteiger partial charge is 0.193 e. The van der Waals surface area contributed by atoms with Crippen molar-refractivity contribution in [2.75, 3.05) is 0 Å². The van der Waals surface area contributed by atoms with Crippen LogP contribution in [0, 0.1) is 6.92 Å². The summed E-state index contributed by atoms with van der Waals surface area (Å²) in [7, 11) is 0. The first-order valence-electron chi connectivity index (χ1n) is 4.98. The summed E-state index contributed by atoms with van der Waals surface area (Å²) in [5, 5.41) is 1.06. The Morgan fingerprint density at radius 1 is 1.31 bits per heavy atom. The molecule has 0 N–H and O–H groups in total. The van der Waals surface area contributed by atoms with Gasteiger partial charge in [-0.2, -0.15) is 0 Å². The van der Waals surface area contributed by atoms with Crippen LogP contribution in [-0.4, -0.2) is 0 Å². The van der Waals surface area contributed by atoms with E-state index in [1.54, 1.807) is 19.1 Å². The molecule has 0 spiro atoms. The van der Waals surface area contributed by atoms with Gasteiger partial charge in [0.2, 0.25) is 0 Å². The van der Waals surface area contributed by atoms with Crippen molar-refractivity contribution in [1.29, 1.82) is 0 Å². The van der Waals surface area contributed by atoms with Crippen molar-refractivity contribution in [2.24, 2.45) is 0 Å². The van der Waals surface area contributed by atoms with Crippen molar-refractivity contribution in [1.82, 2.24) is 0 Å². The lowest BCUT2D eigenvalue weighted by atomic mass is 10.1. The number of allylic oxidation sites excluding steroid dienone is 1. The molecule has 0 amide bonds. The van der Waals surface area contributed by atoms with Crippen LogP contribution in [0.3, 0.4) is 0 Å². The summed E-state index contributed by atoms with van der Waals surface area (Å²) in [6.07, 6.45) is 3.75. The van der Waals surface area contributed by atoms with E-state index in [0.29, 0.717) is 21.8 Å². The summed E-state index contributed by atoms with van der Waals surface area (Å²) in [6, 6.07) is 4.89. The van der Waals surface area contributed by atoms with E-state index in [0.717, 1.165) is 5.56 Å². The molecule has 0 aliphatic heterocycles. The lowest BCUT2D eigenvalue weighted by Gasteiger charge is -2.03. The second-order valence-corrected chi connectivity index (χ2v) is 4.03. The lowest BCUT2D eigenvalue weighted by molar-refractivity contribution is 0.564. The predicted octanol–water partition coefficient (Wildman–Crippen LogP) is 3.79. The average molecular weight is 235 g/mol. The fourth-order valence-electron chi connectivity index (χ4n) is 1.67. The largest absolute Gasteiger partial charge is 0.460 e. The van der Waals surface area contributed by atoms with Crippen molar-refractivity contribution in [3.63, 3.8) is 0 Å². The highest BCUT2D eigenvalue weighted by atomic mass is 35.5. The van der Waals surface area contributed by atoms with Gasteiger partial charge >= 0.3 is 0 Å². The van der Waals surface area contributed by atoms with Crippen molar-refractivity contribution in [3.8, 4) is 0 Å². The Kier molecular flexibility index (Phi) is 2.84. The molecule has 0 atom stereocenters. The Labute approximate surface area is 98.2 Å². The van der Waals surface area contributed by atoms with Crippen molar-refractivity contribution in [3.05, 3.63) is 50.8 Å². The van der Waals surface area contributed by atoms with Crippen LogP contribution in [0.1, 0.15) is 18.2 Å². The van der Waals surface area contributed by atoms with Crippen LogP contribution in [0.15, 0.2) is 33.5 Å². The Hall–Kier alpha value is -1.54. The number of aryl methyl sites for hydroxylation is 1. The third-order valence-corrected chi connectivity index (χ3v) is 2.51. The van der Waals surface area contributed by atoms with Gasteiger partial charge in [-0.05, 0) is 26.0 Å². The molecular weight excluding hydrogens is 224 g/mol. The van der Waals surface area contributed by atoms with Gasteiger partial charge in [-0.15, -0.1) is 0 Å². The van der Waals surface area contributed by atoms with Crippen LogP contribution >= 0.6 is 11.6 Å². The quantitative estimate of drug-likeness (QED) is 0.752. The van der Waals surface area contributed by atoms with E-state index in [1.807, 2.05) is 19.1 Å². The summed E-state index contributed by atoms with van der Waals surface area (Å²) in [4.78, 5) is 11.8. The summed E-state index contributed by atoms with van der Waals surface area (Å²) < 4.78 is 5.57. The first-order valence-corrected chi connectivity index (χ1v) is 5.36. The minimum Gasteiger partial charge on any atom is -0.460 e. The molecule has 3 heteroatoms. The molecule has 0 unspecified atom stereocenters. The van der Waals surface area contributed by atoms with Crippen LogP contribution in [0.5, 0.6) is 0 Å². The van der Waals surface area contributed by atoms with E-state index in [1.165, 1.54) is 6.07 Å². The molecule has 1 aromatic carbocycles. The molecule has 0 aliphatic carbocycles. The molecule has 2 rings (SSSR count). The number of hydrogen-bond acceptors (Lipinski definition) is 2. The van der Waals surface area contributed by atoms with Gasteiger partial charge in [-0.25, -0.2) is 0 Å². The number of rotatable bonds is 1. The summed E-state index contributed by atoms with van der Waals surface area (Å²) in [5.41, 5.74) is 1.35. The molecule has 82 valence electrons. The number of fused-ring (bicyclic) bond motifs is 1. The van der Waals surface area contributed by atoms with E-state index >= 15 is 0 Å². The second-order valence-electron chi connectivity index (χ2n) is 3.59. The Balaban J connectivity index is 2.95. The molecule has 2 aromatic rings. The number of halogens is 1. The lowest BCUT2D eigenvalue weighted by Crippen LogP contribution is -2.01. The maximum atomic E-state index is 11.8. The molecule has 0 saturated carbocycles. The van der Waals surface area contributed by atoms with Crippen LogP contribution in [0.2, 0.25) is 5.02 Å². The minimum atomic E-state index is -0.0630. The Morgan fingerprint density at radius 3 is 2.75 bits per heavy atom. The van der Waals surface area contributed by atoms with Gasteiger partial charge in [0.25, 0.3) is 0 Å². The second kappa shape index (κ2) is 4.14. The van der Waals surface area contributed by atoms with Crippen molar-refractivity contribution in [2.45, 2.75) is 13.8 Å². The van der Waals surface area contributed by atoms with Gasteiger partial charge in [-0.1, -0.05) is 23.8 Å². The van der Waals surface area contributed by atoms with Crippen LogP contribution in [0.4, 0.5) is 0 Å². The average Bonchev–Trinajstić information content (AvgIpc) is 2.20. The first kappa shape index (κ1) is 11.0. The molecular formula is C13H11ClO2. The highest BCUT2D eigenvalue weighted by molar-refractivity contribution is 6.31. The molecule has 0 aliphatic rings. The molecule has 0 bridgehead atoms. The monoisotopic (exact) mass is 234 g/mol. The van der Waals surface area contributed by atoms with Gasteiger partial charge in [0.05, 0.1) is 5.39 Å². The van der Waals surface area contributed by atoms with Gasteiger partial charge in [-0.3, -0.25) is 4.79 Å². The van der Waals surface area contributed by atoms with Gasteiger partial charge in [0.15, 0.2) is 5.43 Å². The molecule has 1 aromatic heterocycles. The summed E-state index contributed by atoms with van der Waals surface area (Å²) in [6.45, 7) is 3.66. The Bertz CT molecular complexity index is 624. The predicted molar refractivity (Wildman–Crippen MR) is 66.9 cm³/mol. The van der Waals surface area contributed by atoms with Crippen LogP contribution < -0.4 is 5.43 Å². The highest BCUT2D eigenvalue weighted by Gasteiger charge is 2.07. The Morgan fingerprint density at radius 2 is 2.06 bits per heavy atom. The van der Waals surface area contributed by atoms with E-state index in [9.17, 15) is 4.79 Å². The van der Waals surface area contributed by atoms with Gasteiger partial charge in [0, 0.05) is 16.7 Å². The third kappa shape index (κ3) is 1.89. The summed E-state index contributed by atoms with van der Waals surface area (Å²) in [5.74, 6) is 0.602. The molecule has 0 radical (unpaired) electrons. The van der Waals surface area contributed by atoms with E-state index in [4.69, 9.17) is 16.0 Å². The third-order valence-electron chi connectivity index (χ3n) is 2.29. The summed E-state index contributed by atoms with van der Waals surface area (Å²) >= 11 is 5.96. The van der Waals surface area contributed by atoms with Crippen molar-refractivity contribution < 1.29 is 4.42 Å². The molecule has 16 heavy (non-hydrogen) atoms. The molecule has 2 nitrogen and oxygen atoms in total. The fourth-order valence-corrected chi connectivity index (χ4v) is 1.89. The fraction of sp³-hybridized carbons (Fsp3) is 0.154.